The van der Waals surface area contributed by atoms with E-state index in [1.165, 1.54) is 6.20 Å². The second kappa shape index (κ2) is 4.65. The number of nitrogen functional groups attached to an aromatic ring is 1. The van der Waals surface area contributed by atoms with Crippen LogP contribution in [-0.2, 0) is 6.54 Å². The first-order valence-corrected chi connectivity index (χ1v) is 5.07. The van der Waals surface area contributed by atoms with Crippen molar-refractivity contribution < 1.29 is 9.32 Å². The molecule has 6 heteroatoms. The second-order valence-electron chi connectivity index (χ2n) is 3.56. The molecule has 3 N–H and O–H groups in total. The standard InChI is InChI=1S/C11H12N4O2/c1-7-5-8(17-15-7)6-14-11(16)10-9(12)3-2-4-13-10/h2-5H,6,12H2,1H3,(H,14,16). The van der Waals surface area contributed by atoms with E-state index in [-0.39, 0.29) is 18.1 Å². The van der Waals surface area contributed by atoms with Gasteiger partial charge in [-0.25, -0.2) is 4.98 Å². The Labute approximate surface area is 97.8 Å². The summed E-state index contributed by atoms with van der Waals surface area (Å²) in [5.74, 6) is 0.252. The molecule has 0 aliphatic heterocycles. The highest BCUT2D eigenvalue weighted by Gasteiger charge is 2.11. The molecule has 0 saturated heterocycles. The Morgan fingerprint density at radius 2 is 2.41 bits per heavy atom. The highest BCUT2D eigenvalue weighted by molar-refractivity contribution is 5.96. The third kappa shape index (κ3) is 2.60. The molecule has 0 radical (unpaired) electrons. The predicted octanol–water partition coefficient (Wildman–Crippen LogP) is 0.890. The van der Waals surface area contributed by atoms with E-state index in [4.69, 9.17) is 10.3 Å². The molecule has 0 aromatic carbocycles. The first kappa shape index (κ1) is 11.1. The molecule has 0 aliphatic carbocycles. The summed E-state index contributed by atoms with van der Waals surface area (Å²) >= 11 is 0. The lowest BCUT2D eigenvalue weighted by Gasteiger charge is -2.04. The van der Waals surface area contributed by atoms with Crippen molar-refractivity contribution in [2.75, 3.05) is 5.73 Å². The monoisotopic (exact) mass is 232 g/mol. The van der Waals surface area contributed by atoms with Crippen LogP contribution in [0, 0.1) is 6.92 Å². The number of amides is 1. The maximum absolute atomic E-state index is 11.7. The van der Waals surface area contributed by atoms with Crippen LogP contribution in [0.15, 0.2) is 28.9 Å². The summed E-state index contributed by atoms with van der Waals surface area (Å²) in [6.07, 6.45) is 1.52. The number of carbonyl (C=O) groups excluding carboxylic acids is 1. The minimum atomic E-state index is -0.336. The second-order valence-corrected chi connectivity index (χ2v) is 3.56. The Kier molecular flexibility index (Phi) is 3.04. The fourth-order valence-electron chi connectivity index (χ4n) is 1.36. The van der Waals surface area contributed by atoms with E-state index in [0.717, 1.165) is 5.69 Å². The Morgan fingerprint density at radius 3 is 3.06 bits per heavy atom. The summed E-state index contributed by atoms with van der Waals surface area (Å²) in [6, 6.07) is 5.05. The molecule has 2 aromatic heterocycles. The third-order valence-electron chi connectivity index (χ3n) is 2.15. The summed E-state index contributed by atoms with van der Waals surface area (Å²) in [6.45, 7) is 2.07. The molecular weight excluding hydrogens is 220 g/mol. The molecule has 2 aromatic rings. The van der Waals surface area contributed by atoms with Gasteiger partial charge in [0.15, 0.2) is 11.5 Å². The van der Waals surface area contributed by atoms with E-state index < -0.39 is 0 Å². The van der Waals surface area contributed by atoms with Crippen molar-refractivity contribution in [1.82, 2.24) is 15.5 Å². The third-order valence-corrected chi connectivity index (χ3v) is 2.15. The average molecular weight is 232 g/mol. The molecule has 0 bridgehead atoms. The number of nitrogens with zero attached hydrogens (tertiary/aromatic N) is 2. The van der Waals surface area contributed by atoms with Crippen molar-refractivity contribution in [1.29, 1.82) is 0 Å². The van der Waals surface area contributed by atoms with E-state index in [1.54, 1.807) is 18.2 Å². The maximum Gasteiger partial charge on any atom is 0.272 e. The zero-order chi connectivity index (χ0) is 12.3. The van der Waals surface area contributed by atoms with Gasteiger partial charge in [-0.15, -0.1) is 0 Å². The molecule has 0 unspecified atom stereocenters. The van der Waals surface area contributed by atoms with Crippen LogP contribution < -0.4 is 11.1 Å². The highest BCUT2D eigenvalue weighted by Crippen LogP contribution is 2.07. The van der Waals surface area contributed by atoms with Crippen LogP contribution in [0.3, 0.4) is 0 Å². The quantitative estimate of drug-likeness (QED) is 0.819. The molecule has 0 spiro atoms. The largest absolute Gasteiger partial charge is 0.397 e. The Bertz CT molecular complexity index is 536. The number of hydrogen-bond donors (Lipinski definition) is 2. The van der Waals surface area contributed by atoms with Crippen LogP contribution in [0.4, 0.5) is 5.69 Å². The summed E-state index contributed by atoms with van der Waals surface area (Å²) < 4.78 is 4.96. The van der Waals surface area contributed by atoms with E-state index in [1.807, 2.05) is 6.92 Å². The van der Waals surface area contributed by atoms with Gasteiger partial charge in [-0.2, -0.15) is 0 Å². The van der Waals surface area contributed by atoms with Gasteiger partial charge in [0.2, 0.25) is 0 Å². The SMILES string of the molecule is Cc1cc(CNC(=O)c2ncccc2N)on1. The minimum absolute atomic E-state index is 0.212. The molecule has 0 aliphatic rings. The number of pyridine rings is 1. The van der Waals surface area contributed by atoms with Crippen LogP contribution in [0.5, 0.6) is 0 Å². The summed E-state index contributed by atoms with van der Waals surface area (Å²) in [5.41, 5.74) is 6.96. The van der Waals surface area contributed by atoms with E-state index in [2.05, 4.69) is 15.5 Å². The van der Waals surface area contributed by atoms with Gasteiger partial charge in [0.25, 0.3) is 5.91 Å². The van der Waals surface area contributed by atoms with Crippen molar-refractivity contribution in [3.63, 3.8) is 0 Å². The average Bonchev–Trinajstić information content (AvgIpc) is 2.73. The summed E-state index contributed by atoms with van der Waals surface area (Å²) in [4.78, 5) is 15.6. The van der Waals surface area contributed by atoms with Gasteiger partial charge in [-0.05, 0) is 19.1 Å². The van der Waals surface area contributed by atoms with Crippen molar-refractivity contribution in [2.24, 2.45) is 0 Å². The smallest absolute Gasteiger partial charge is 0.272 e. The van der Waals surface area contributed by atoms with Gasteiger partial charge < -0.3 is 15.6 Å². The Hall–Kier alpha value is -2.37. The number of aryl methyl sites for hydroxylation is 1. The van der Waals surface area contributed by atoms with Gasteiger partial charge in [-0.1, -0.05) is 5.16 Å². The molecule has 0 saturated carbocycles. The zero-order valence-corrected chi connectivity index (χ0v) is 9.30. The highest BCUT2D eigenvalue weighted by atomic mass is 16.5. The molecule has 1 amide bonds. The van der Waals surface area contributed by atoms with E-state index in [9.17, 15) is 4.79 Å². The fraction of sp³-hybridized carbons (Fsp3) is 0.182. The number of hydrogen-bond acceptors (Lipinski definition) is 5. The first-order valence-electron chi connectivity index (χ1n) is 5.07. The first-order chi connectivity index (χ1) is 8.16. The van der Waals surface area contributed by atoms with Gasteiger partial charge >= 0.3 is 0 Å². The molecule has 0 fully saturated rings. The van der Waals surface area contributed by atoms with Crippen LogP contribution in [0.1, 0.15) is 21.9 Å². The summed E-state index contributed by atoms with van der Waals surface area (Å²) in [7, 11) is 0. The lowest BCUT2D eigenvalue weighted by atomic mass is 10.3. The number of nitrogens with one attached hydrogen (secondary N) is 1. The van der Waals surface area contributed by atoms with Gasteiger partial charge in [-0.3, -0.25) is 4.79 Å². The lowest BCUT2D eigenvalue weighted by molar-refractivity contribution is 0.0943. The van der Waals surface area contributed by atoms with Gasteiger partial charge in [0.05, 0.1) is 17.9 Å². The number of rotatable bonds is 3. The van der Waals surface area contributed by atoms with Crippen molar-refractivity contribution in [3.05, 3.63) is 41.5 Å². The molecule has 2 heterocycles. The van der Waals surface area contributed by atoms with Crippen molar-refractivity contribution in [3.8, 4) is 0 Å². The number of carbonyl (C=O) groups is 1. The summed E-state index contributed by atoms with van der Waals surface area (Å²) in [5, 5.41) is 6.37. The molecule has 17 heavy (non-hydrogen) atoms. The number of aromatic nitrogens is 2. The van der Waals surface area contributed by atoms with Gasteiger partial charge in [0.1, 0.15) is 0 Å². The Balaban J connectivity index is 2.01. The van der Waals surface area contributed by atoms with Crippen molar-refractivity contribution in [2.45, 2.75) is 13.5 Å². The molecule has 0 atom stereocenters. The van der Waals surface area contributed by atoms with Crippen LogP contribution >= 0.6 is 0 Å². The molecular formula is C11H12N4O2. The van der Waals surface area contributed by atoms with Crippen molar-refractivity contribution >= 4 is 11.6 Å². The fourth-order valence-corrected chi connectivity index (χ4v) is 1.36. The molecule has 88 valence electrons. The zero-order valence-electron chi connectivity index (χ0n) is 9.30. The Morgan fingerprint density at radius 1 is 1.59 bits per heavy atom. The normalized spacial score (nSPS) is 10.2. The molecule has 6 nitrogen and oxygen atoms in total. The van der Waals surface area contributed by atoms with Crippen LogP contribution in [-0.4, -0.2) is 16.0 Å². The topological polar surface area (TPSA) is 94.0 Å². The van der Waals surface area contributed by atoms with E-state index in [0.29, 0.717) is 11.4 Å². The van der Waals surface area contributed by atoms with E-state index >= 15 is 0 Å². The van der Waals surface area contributed by atoms with Crippen LogP contribution in [0.2, 0.25) is 0 Å². The van der Waals surface area contributed by atoms with Gasteiger partial charge in [0, 0.05) is 12.3 Å². The van der Waals surface area contributed by atoms with Crippen LogP contribution in [0.25, 0.3) is 0 Å². The predicted molar refractivity (Wildman–Crippen MR) is 61.1 cm³/mol. The lowest BCUT2D eigenvalue weighted by Crippen LogP contribution is -2.24. The number of anilines is 1. The number of nitrogens with two attached hydrogens (primary N) is 1. The minimum Gasteiger partial charge on any atom is -0.397 e. The maximum atomic E-state index is 11.7. The molecule has 2 rings (SSSR count).